The van der Waals surface area contributed by atoms with Gasteiger partial charge in [0.1, 0.15) is 5.58 Å². The van der Waals surface area contributed by atoms with Gasteiger partial charge in [0, 0.05) is 37.1 Å². The molecule has 0 atom stereocenters. The highest BCUT2D eigenvalue weighted by molar-refractivity contribution is 7.89. The van der Waals surface area contributed by atoms with Crippen molar-refractivity contribution in [2.45, 2.75) is 30.6 Å². The number of nitrogens with zero attached hydrogens (tertiary/aromatic N) is 2. The SMILES string of the molecule is CN1CCN(S(=O)(=O)c2ccc(Cl)c(NC(=O)Cc3coc4cc5c(cc34)CCC5)c2)CC1. The monoisotopic (exact) mass is 487 g/mol. The van der Waals surface area contributed by atoms with Crippen molar-refractivity contribution < 1.29 is 17.6 Å². The van der Waals surface area contributed by atoms with E-state index in [1.165, 1.54) is 33.6 Å². The van der Waals surface area contributed by atoms with Crippen LogP contribution in [0.5, 0.6) is 0 Å². The molecule has 1 aliphatic carbocycles. The summed E-state index contributed by atoms with van der Waals surface area (Å²) in [5, 5.41) is 4.02. The molecule has 174 valence electrons. The number of carbonyl (C=O) groups excluding carboxylic acids is 1. The molecule has 0 saturated carbocycles. The summed E-state index contributed by atoms with van der Waals surface area (Å²) >= 11 is 6.29. The first-order valence-corrected chi connectivity index (χ1v) is 12.9. The van der Waals surface area contributed by atoms with Gasteiger partial charge in [-0.05, 0) is 67.8 Å². The maximum Gasteiger partial charge on any atom is 0.243 e. The average molecular weight is 488 g/mol. The van der Waals surface area contributed by atoms with Crippen molar-refractivity contribution in [3.63, 3.8) is 0 Å². The van der Waals surface area contributed by atoms with E-state index in [4.69, 9.17) is 16.0 Å². The Bertz CT molecular complexity index is 1330. The molecule has 1 aliphatic heterocycles. The number of rotatable bonds is 5. The summed E-state index contributed by atoms with van der Waals surface area (Å²) in [4.78, 5) is 15.0. The number of carbonyl (C=O) groups is 1. The van der Waals surface area contributed by atoms with Crippen molar-refractivity contribution >= 4 is 44.2 Å². The van der Waals surface area contributed by atoms with E-state index in [-0.39, 0.29) is 27.9 Å². The summed E-state index contributed by atoms with van der Waals surface area (Å²) in [5.74, 6) is -0.283. The Labute approximate surface area is 198 Å². The van der Waals surface area contributed by atoms with E-state index in [0.717, 1.165) is 35.8 Å². The number of anilines is 1. The van der Waals surface area contributed by atoms with E-state index >= 15 is 0 Å². The summed E-state index contributed by atoms with van der Waals surface area (Å²) in [6.45, 7) is 2.22. The fraction of sp³-hybridized carbons (Fsp3) is 0.375. The molecule has 1 fully saturated rings. The average Bonchev–Trinajstić information content (AvgIpc) is 3.40. The van der Waals surface area contributed by atoms with Gasteiger partial charge >= 0.3 is 0 Å². The van der Waals surface area contributed by atoms with E-state index in [1.54, 1.807) is 6.26 Å². The highest BCUT2D eigenvalue weighted by Gasteiger charge is 2.28. The van der Waals surface area contributed by atoms with Gasteiger partial charge in [-0.15, -0.1) is 0 Å². The normalized spacial score (nSPS) is 17.4. The van der Waals surface area contributed by atoms with Crippen LogP contribution < -0.4 is 5.32 Å². The van der Waals surface area contributed by atoms with Gasteiger partial charge in [0.05, 0.1) is 28.3 Å². The third-order valence-electron chi connectivity index (χ3n) is 6.53. The van der Waals surface area contributed by atoms with Crippen molar-refractivity contribution in [1.82, 2.24) is 9.21 Å². The van der Waals surface area contributed by atoms with Crippen LogP contribution in [0.15, 0.2) is 45.9 Å². The maximum atomic E-state index is 13.1. The van der Waals surface area contributed by atoms with Gasteiger partial charge in [-0.1, -0.05) is 11.6 Å². The zero-order valence-electron chi connectivity index (χ0n) is 18.4. The molecule has 0 spiro atoms. The van der Waals surface area contributed by atoms with E-state index in [0.29, 0.717) is 26.2 Å². The number of hydrogen-bond donors (Lipinski definition) is 1. The van der Waals surface area contributed by atoms with Crippen LogP contribution in [0, 0.1) is 0 Å². The van der Waals surface area contributed by atoms with Crippen molar-refractivity contribution in [2.24, 2.45) is 0 Å². The number of piperazine rings is 1. The Balaban J connectivity index is 1.34. The van der Waals surface area contributed by atoms with Gasteiger partial charge in [0.2, 0.25) is 15.9 Å². The van der Waals surface area contributed by atoms with Crippen molar-refractivity contribution in [3.05, 3.63) is 58.3 Å². The van der Waals surface area contributed by atoms with Crippen LogP contribution in [0.4, 0.5) is 5.69 Å². The molecule has 2 aliphatic rings. The molecule has 3 aromatic rings. The number of nitrogens with one attached hydrogen (secondary N) is 1. The predicted octanol–water partition coefficient (Wildman–Crippen LogP) is 3.69. The Kier molecular flexibility index (Phi) is 5.95. The maximum absolute atomic E-state index is 13.1. The van der Waals surface area contributed by atoms with Crippen LogP contribution in [0.25, 0.3) is 11.0 Å². The molecule has 5 rings (SSSR count). The summed E-state index contributed by atoms with van der Waals surface area (Å²) in [7, 11) is -1.69. The first-order chi connectivity index (χ1) is 15.8. The number of furan rings is 1. The topological polar surface area (TPSA) is 82.9 Å². The zero-order valence-corrected chi connectivity index (χ0v) is 20.0. The second-order valence-corrected chi connectivity index (χ2v) is 11.2. The number of sulfonamides is 1. The van der Waals surface area contributed by atoms with Gasteiger partial charge in [0.15, 0.2) is 0 Å². The van der Waals surface area contributed by atoms with Crippen LogP contribution in [0.3, 0.4) is 0 Å². The summed E-state index contributed by atoms with van der Waals surface area (Å²) in [6, 6.07) is 8.63. The van der Waals surface area contributed by atoms with Crippen LogP contribution in [0.2, 0.25) is 5.02 Å². The number of halogens is 1. The van der Waals surface area contributed by atoms with E-state index in [2.05, 4.69) is 22.3 Å². The van der Waals surface area contributed by atoms with Gasteiger partial charge in [-0.25, -0.2) is 8.42 Å². The molecular weight excluding hydrogens is 462 g/mol. The van der Waals surface area contributed by atoms with Gasteiger partial charge in [-0.3, -0.25) is 4.79 Å². The third kappa shape index (κ3) is 4.40. The van der Waals surface area contributed by atoms with E-state index in [1.807, 2.05) is 7.05 Å². The fourth-order valence-corrected chi connectivity index (χ4v) is 6.20. The highest BCUT2D eigenvalue weighted by atomic mass is 35.5. The quantitative estimate of drug-likeness (QED) is 0.593. The number of fused-ring (bicyclic) bond motifs is 2. The highest BCUT2D eigenvalue weighted by Crippen LogP contribution is 2.31. The van der Waals surface area contributed by atoms with Gasteiger partial charge in [0.25, 0.3) is 0 Å². The van der Waals surface area contributed by atoms with E-state index in [9.17, 15) is 13.2 Å². The zero-order chi connectivity index (χ0) is 23.2. The molecule has 0 radical (unpaired) electrons. The Morgan fingerprint density at radius 1 is 1.09 bits per heavy atom. The lowest BCUT2D eigenvalue weighted by atomic mass is 10.0. The van der Waals surface area contributed by atoms with Crippen LogP contribution in [-0.2, 0) is 34.1 Å². The number of amides is 1. The van der Waals surface area contributed by atoms with Crippen LogP contribution in [0.1, 0.15) is 23.1 Å². The molecule has 7 nitrogen and oxygen atoms in total. The summed E-state index contributed by atoms with van der Waals surface area (Å²) in [5.41, 5.74) is 4.50. The Morgan fingerprint density at radius 3 is 2.58 bits per heavy atom. The van der Waals surface area contributed by atoms with E-state index < -0.39 is 10.0 Å². The fourth-order valence-electron chi connectivity index (χ4n) is 4.59. The lowest BCUT2D eigenvalue weighted by molar-refractivity contribution is -0.115. The molecule has 1 saturated heterocycles. The smallest absolute Gasteiger partial charge is 0.243 e. The molecular formula is C24H26ClN3O4S. The second-order valence-electron chi connectivity index (χ2n) is 8.81. The number of benzene rings is 2. The van der Waals surface area contributed by atoms with Crippen molar-refractivity contribution in [3.8, 4) is 0 Å². The predicted molar refractivity (Wildman–Crippen MR) is 128 cm³/mol. The molecule has 2 aromatic carbocycles. The molecule has 1 N–H and O–H groups in total. The number of likely N-dealkylation sites (N-methyl/N-ethyl adjacent to an activating group) is 1. The minimum atomic E-state index is -3.66. The standard InChI is InChI=1S/C24H26ClN3O4S/c1-27-7-9-28(10-8-27)33(30,31)19-5-6-21(25)22(14-19)26-24(29)13-18-15-32-23-12-17-4-2-3-16(17)11-20(18)23/h5-6,11-12,14-15H,2-4,7-10,13H2,1H3,(H,26,29). The van der Waals surface area contributed by atoms with Gasteiger partial charge in [-0.2, -0.15) is 4.31 Å². The molecule has 1 aromatic heterocycles. The number of aryl methyl sites for hydroxylation is 2. The van der Waals surface area contributed by atoms with Crippen LogP contribution in [-0.4, -0.2) is 56.8 Å². The lowest BCUT2D eigenvalue weighted by Gasteiger charge is -2.31. The molecule has 0 bridgehead atoms. The largest absolute Gasteiger partial charge is 0.464 e. The lowest BCUT2D eigenvalue weighted by Crippen LogP contribution is -2.47. The van der Waals surface area contributed by atoms with Crippen molar-refractivity contribution in [1.29, 1.82) is 0 Å². The number of hydrogen-bond acceptors (Lipinski definition) is 5. The second kappa shape index (κ2) is 8.76. The first kappa shape index (κ1) is 22.4. The first-order valence-electron chi connectivity index (χ1n) is 11.1. The minimum absolute atomic E-state index is 0.109. The Morgan fingerprint density at radius 2 is 1.82 bits per heavy atom. The summed E-state index contributed by atoms with van der Waals surface area (Å²) in [6.07, 6.45) is 4.98. The minimum Gasteiger partial charge on any atom is -0.464 e. The van der Waals surface area contributed by atoms with Gasteiger partial charge < -0.3 is 14.6 Å². The molecule has 2 heterocycles. The molecule has 33 heavy (non-hydrogen) atoms. The third-order valence-corrected chi connectivity index (χ3v) is 8.76. The Hall–Kier alpha value is -2.39. The molecule has 1 amide bonds. The van der Waals surface area contributed by atoms with Crippen molar-refractivity contribution in [2.75, 3.05) is 38.5 Å². The van der Waals surface area contributed by atoms with Crippen LogP contribution >= 0.6 is 11.6 Å². The molecule has 9 heteroatoms. The molecule has 0 unspecified atom stereocenters. The summed E-state index contributed by atoms with van der Waals surface area (Å²) < 4.78 is 33.3.